The van der Waals surface area contributed by atoms with Gasteiger partial charge >= 0.3 is 23.5 Å². The fraction of sp³-hybridized carbons (Fsp3) is 0.630. The van der Waals surface area contributed by atoms with Gasteiger partial charge in [-0.1, -0.05) is 25.6 Å². The standard InChI is InChI=1S/C27H42N7O22P3S/c1-27(2,20(40)23(41)30-4-3-12(35)29-5-6-60-26(43)19-15(37)14(36)16(38)25(42)54-19)8-52-59(49,50)56-58(47,48)51-7-11-18(55-57(44,45)46)17(39)24(53-11)34-10-33-13-21(28)31-9-32-22(13)34/h9-11,14,16-18,20,24-25,36-40,42H,3-8H2,1-2H3,(H,29,35)(H,30,41)(H,47,48)(H,49,50)(H2,28,31,32)(H2,44,45,46). The number of hydrogen-bond acceptors (Lipinski definition) is 23. The van der Waals surface area contributed by atoms with Gasteiger partial charge in [0.2, 0.25) is 23.9 Å². The van der Waals surface area contributed by atoms with E-state index in [-0.39, 0.29) is 42.2 Å². The number of aliphatic hydroxyl groups excluding tert-OH is 6. The topological polar surface area (TPSA) is 454 Å². The van der Waals surface area contributed by atoms with Gasteiger partial charge in [-0.3, -0.25) is 32.5 Å². The highest BCUT2D eigenvalue weighted by Gasteiger charge is 2.50. The molecule has 0 saturated carbocycles. The molecule has 0 radical (unpaired) electrons. The van der Waals surface area contributed by atoms with Gasteiger partial charge in [0.05, 0.1) is 19.5 Å². The van der Waals surface area contributed by atoms with E-state index in [1.165, 1.54) is 13.8 Å². The summed E-state index contributed by atoms with van der Waals surface area (Å²) in [7, 11) is -16.5. The van der Waals surface area contributed by atoms with Crippen LogP contribution in [-0.4, -0.2) is 162 Å². The van der Waals surface area contributed by atoms with Crippen LogP contribution in [0.4, 0.5) is 5.82 Å². The molecular weight excluding hydrogens is 899 g/mol. The lowest BCUT2D eigenvalue weighted by Gasteiger charge is -2.30. The van der Waals surface area contributed by atoms with Crippen LogP contribution >= 0.6 is 35.2 Å². The first-order chi connectivity index (χ1) is 27.7. The first kappa shape index (κ1) is 49.4. The van der Waals surface area contributed by atoms with Crippen molar-refractivity contribution in [1.29, 1.82) is 0 Å². The highest BCUT2D eigenvalue weighted by Crippen LogP contribution is 2.61. The van der Waals surface area contributed by atoms with Gasteiger partial charge in [0, 0.05) is 30.7 Å². The normalized spacial score (nSPS) is 26.2. The van der Waals surface area contributed by atoms with Crippen LogP contribution in [0.1, 0.15) is 26.5 Å². The number of phosphoric acid groups is 3. The Balaban J connectivity index is 1.22. The maximum Gasteiger partial charge on any atom is 0.481 e. The van der Waals surface area contributed by atoms with E-state index in [0.717, 1.165) is 17.2 Å². The smallest absolute Gasteiger partial charge is 0.481 e. The summed E-state index contributed by atoms with van der Waals surface area (Å²) in [4.78, 5) is 87.9. The number of thioether (sulfide) groups is 1. The highest BCUT2D eigenvalue weighted by molar-refractivity contribution is 8.14. The number of carbonyl (C=O) groups excluding carboxylic acids is 3. The maximum atomic E-state index is 12.7. The van der Waals surface area contributed by atoms with Crippen molar-refractivity contribution in [2.75, 3.05) is 37.8 Å². The molecule has 338 valence electrons. The van der Waals surface area contributed by atoms with Crippen molar-refractivity contribution in [3.05, 3.63) is 24.2 Å². The van der Waals surface area contributed by atoms with Crippen molar-refractivity contribution >= 4 is 69.1 Å². The molecule has 2 aliphatic rings. The molecule has 0 aromatic carbocycles. The summed E-state index contributed by atoms with van der Waals surface area (Å²) in [6, 6.07) is 0. The van der Waals surface area contributed by atoms with Crippen LogP contribution in [0.3, 0.4) is 0 Å². The zero-order chi connectivity index (χ0) is 45.0. The zero-order valence-electron chi connectivity index (χ0n) is 31.0. The highest BCUT2D eigenvalue weighted by atomic mass is 32.2. The molecule has 2 amide bonds. The van der Waals surface area contributed by atoms with Crippen LogP contribution in [0.15, 0.2) is 24.2 Å². The number of fused-ring (bicyclic) bond motifs is 1. The van der Waals surface area contributed by atoms with Crippen molar-refractivity contribution in [3.8, 4) is 0 Å². The van der Waals surface area contributed by atoms with Gasteiger partial charge < -0.3 is 76.1 Å². The average Bonchev–Trinajstić information content (AvgIpc) is 3.71. The lowest BCUT2D eigenvalue weighted by molar-refractivity contribution is -0.187. The number of aliphatic hydroxyl groups is 6. The van der Waals surface area contributed by atoms with Gasteiger partial charge in [-0.15, -0.1) is 0 Å². The van der Waals surface area contributed by atoms with Gasteiger partial charge in [-0.05, 0) is 0 Å². The number of aromatic nitrogens is 4. The molecule has 4 heterocycles. The minimum absolute atomic E-state index is 0.00799. The first-order valence-electron chi connectivity index (χ1n) is 16.9. The second kappa shape index (κ2) is 19.9. The Labute approximate surface area is 341 Å². The van der Waals surface area contributed by atoms with E-state index in [0.29, 0.717) is 11.8 Å². The Morgan fingerprint density at radius 1 is 1.00 bits per heavy atom. The van der Waals surface area contributed by atoms with E-state index in [9.17, 15) is 78.3 Å². The Hall–Kier alpha value is -3.22. The van der Waals surface area contributed by atoms with Gasteiger partial charge in [-0.25, -0.2) is 28.6 Å². The van der Waals surface area contributed by atoms with Gasteiger partial charge in [-0.2, -0.15) is 4.31 Å². The molecule has 1 fully saturated rings. The van der Waals surface area contributed by atoms with Crippen LogP contribution in [0, 0.1) is 5.41 Å². The summed E-state index contributed by atoms with van der Waals surface area (Å²) in [5.41, 5.74) is 4.13. The summed E-state index contributed by atoms with van der Waals surface area (Å²) in [5.74, 6) is -3.57. The van der Waals surface area contributed by atoms with Crippen LogP contribution in [0.5, 0.6) is 0 Å². The minimum Gasteiger partial charge on any atom is -0.506 e. The maximum absolute atomic E-state index is 12.7. The molecule has 2 aromatic heterocycles. The van der Waals surface area contributed by atoms with E-state index in [1.54, 1.807) is 0 Å². The Morgan fingerprint density at radius 3 is 2.33 bits per heavy atom. The summed E-state index contributed by atoms with van der Waals surface area (Å²) >= 11 is 0.539. The molecule has 0 aliphatic carbocycles. The first-order valence-corrected chi connectivity index (χ1v) is 22.4. The Morgan fingerprint density at radius 2 is 1.67 bits per heavy atom. The molecule has 4 rings (SSSR count). The molecule has 33 heteroatoms. The predicted octanol–water partition coefficient (Wildman–Crippen LogP) is -3.50. The molecule has 0 bridgehead atoms. The quantitative estimate of drug-likeness (QED) is 0.0452. The van der Waals surface area contributed by atoms with E-state index in [2.05, 4.69) is 34.4 Å². The number of amides is 2. The number of rotatable bonds is 20. The molecule has 2 aliphatic heterocycles. The summed E-state index contributed by atoms with van der Waals surface area (Å²) in [6.45, 7) is -0.156. The Kier molecular flexibility index (Phi) is 16.4. The molecule has 14 N–H and O–H groups in total. The van der Waals surface area contributed by atoms with Gasteiger partial charge in [0.15, 0.2) is 23.5 Å². The lowest BCUT2D eigenvalue weighted by Crippen LogP contribution is -2.46. The fourth-order valence-electron chi connectivity index (χ4n) is 5.19. The monoisotopic (exact) mass is 941 g/mol. The molecule has 0 spiro atoms. The molecule has 29 nitrogen and oxygen atoms in total. The van der Waals surface area contributed by atoms with E-state index in [4.69, 9.17) is 24.3 Å². The van der Waals surface area contributed by atoms with Crippen LogP contribution in [0.25, 0.3) is 11.2 Å². The largest absolute Gasteiger partial charge is 0.506 e. The van der Waals surface area contributed by atoms with E-state index >= 15 is 0 Å². The second-order valence-corrected chi connectivity index (χ2v) is 18.7. The number of hydrogen-bond donors (Lipinski definition) is 13. The number of nitrogens with zero attached hydrogens (tertiary/aromatic N) is 4. The number of nitrogen functional groups attached to an aromatic ring is 1. The van der Waals surface area contributed by atoms with E-state index in [1.807, 2.05) is 0 Å². The van der Waals surface area contributed by atoms with Crippen molar-refractivity contribution in [2.45, 2.75) is 69.4 Å². The third-order valence-corrected chi connectivity index (χ3v) is 12.2. The summed E-state index contributed by atoms with van der Waals surface area (Å²) in [5, 5.41) is 63.6. The summed E-state index contributed by atoms with van der Waals surface area (Å²) in [6.07, 6.45) is -13.1. The average molecular weight is 942 g/mol. The van der Waals surface area contributed by atoms with Crippen molar-refractivity contribution in [2.24, 2.45) is 5.41 Å². The predicted molar refractivity (Wildman–Crippen MR) is 196 cm³/mol. The molecule has 1 saturated heterocycles. The number of anilines is 1. The molecule has 10 atom stereocenters. The van der Waals surface area contributed by atoms with Crippen molar-refractivity contribution in [1.82, 2.24) is 30.2 Å². The van der Waals surface area contributed by atoms with Crippen LogP contribution in [-0.2, 0) is 55.4 Å². The minimum atomic E-state index is -5.62. The molecule has 10 unspecified atom stereocenters. The number of ether oxygens (including phenoxy) is 2. The second-order valence-electron chi connectivity index (χ2n) is 13.4. The molecular formula is C27H42N7O22P3S. The zero-order valence-corrected chi connectivity index (χ0v) is 34.5. The number of phosphoric ester groups is 3. The van der Waals surface area contributed by atoms with Gasteiger partial charge in [0.1, 0.15) is 48.5 Å². The Bertz CT molecular complexity index is 2070. The molecule has 60 heavy (non-hydrogen) atoms. The van der Waals surface area contributed by atoms with Crippen LogP contribution in [0.2, 0.25) is 0 Å². The number of nitrogens with one attached hydrogen (secondary N) is 2. The third kappa shape index (κ3) is 12.9. The van der Waals surface area contributed by atoms with Crippen LogP contribution < -0.4 is 16.4 Å². The number of nitrogens with two attached hydrogens (primary N) is 1. The molecule has 2 aromatic rings. The van der Waals surface area contributed by atoms with E-state index < -0.39 is 120 Å². The number of carbonyl (C=O) groups is 3. The van der Waals surface area contributed by atoms with Gasteiger partial charge in [0.25, 0.3) is 5.12 Å². The van der Waals surface area contributed by atoms with Crippen molar-refractivity contribution < 1.29 is 106 Å². The SMILES string of the molecule is CC(C)(COP(=O)(O)OP(=O)(O)OCC1OC(n2cnc3c(N)ncnc32)C(O)C1OP(=O)(O)O)C(O)C(=O)NCCC(=O)NCCSC(=O)C1=C(O)C(O)C(O)C(O)O1. The summed E-state index contributed by atoms with van der Waals surface area (Å²) < 4.78 is 66.7. The fourth-order valence-corrected chi connectivity index (χ4v) is 8.70. The number of imidazole rings is 1. The van der Waals surface area contributed by atoms with Crippen molar-refractivity contribution in [3.63, 3.8) is 0 Å². The lowest BCUT2D eigenvalue weighted by atomic mass is 9.87. The third-order valence-electron chi connectivity index (χ3n) is 8.29.